The van der Waals surface area contributed by atoms with E-state index in [-0.39, 0.29) is 23.7 Å². The number of carbonyl (C=O) groups excluding carboxylic acids is 1. The molecule has 0 amide bonds. The van der Waals surface area contributed by atoms with Crippen LogP contribution in [0.5, 0.6) is 0 Å². The Bertz CT molecular complexity index is 639. The smallest absolute Gasteiger partial charge is 0.141 e. The third-order valence-electron chi connectivity index (χ3n) is 3.89. The van der Waals surface area contributed by atoms with Crippen molar-refractivity contribution in [3.8, 4) is 0 Å². The first kappa shape index (κ1) is 13.0. The summed E-state index contributed by atoms with van der Waals surface area (Å²) in [5.41, 5.74) is 2.67. The molecule has 0 fully saturated rings. The molecule has 0 saturated heterocycles. The van der Waals surface area contributed by atoms with Crippen molar-refractivity contribution in [3.63, 3.8) is 0 Å². The molecule has 102 valence electrons. The molecule has 0 radical (unpaired) electrons. The van der Waals surface area contributed by atoms with Crippen LogP contribution in [-0.4, -0.2) is 5.78 Å². The maximum Gasteiger partial charge on any atom is 0.141 e. The second-order valence-corrected chi connectivity index (χ2v) is 5.25. The maximum atomic E-state index is 13.6. The van der Waals surface area contributed by atoms with Gasteiger partial charge in [-0.25, -0.2) is 8.78 Å². The molecule has 0 aromatic heterocycles. The van der Waals surface area contributed by atoms with Gasteiger partial charge >= 0.3 is 0 Å². The van der Waals surface area contributed by atoms with Crippen molar-refractivity contribution < 1.29 is 13.6 Å². The predicted molar refractivity (Wildman–Crippen MR) is 72.4 cm³/mol. The summed E-state index contributed by atoms with van der Waals surface area (Å²) in [6, 6.07) is 11.4. The summed E-state index contributed by atoms with van der Waals surface area (Å²) < 4.78 is 26.4. The van der Waals surface area contributed by atoms with Crippen molar-refractivity contribution in [3.05, 3.63) is 70.8 Å². The van der Waals surface area contributed by atoms with Gasteiger partial charge in [0.25, 0.3) is 0 Å². The molecule has 2 aromatic carbocycles. The standard InChI is InChI=1S/C17H14F2O/c18-15-6-5-13(16(19)10-15)9-17(20)14-7-11-3-1-2-4-12(11)8-14/h1-6,10,14H,7-9H2. The van der Waals surface area contributed by atoms with Crippen LogP contribution in [0.25, 0.3) is 0 Å². The number of Topliss-reactive ketones (excluding diaryl/α,β-unsaturated/α-hetero) is 1. The van der Waals surface area contributed by atoms with Gasteiger partial charge < -0.3 is 0 Å². The van der Waals surface area contributed by atoms with E-state index in [2.05, 4.69) is 0 Å². The largest absolute Gasteiger partial charge is 0.299 e. The van der Waals surface area contributed by atoms with Gasteiger partial charge in [0.1, 0.15) is 17.4 Å². The average molecular weight is 272 g/mol. The Morgan fingerprint density at radius 2 is 1.70 bits per heavy atom. The molecule has 20 heavy (non-hydrogen) atoms. The highest BCUT2D eigenvalue weighted by Crippen LogP contribution is 2.28. The Balaban J connectivity index is 1.72. The Labute approximate surface area is 116 Å². The molecule has 3 rings (SSSR count). The van der Waals surface area contributed by atoms with Crippen LogP contribution in [0.4, 0.5) is 8.78 Å². The number of fused-ring (bicyclic) bond motifs is 1. The molecule has 3 heteroatoms. The van der Waals surface area contributed by atoms with Gasteiger partial charge in [-0.2, -0.15) is 0 Å². The Hall–Kier alpha value is -2.03. The summed E-state index contributed by atoms with van der Waals surface area (Å²) in [4.78, 5) is 12.3. The summed E-state index contributed by atoms with van der Waals surface area (Å²) in [7, 11) is 0. The Kier molecular flexibility index (Phi) is 3.35. The van der Waals surface area contributed by atoms with Gasteiger partial charge in [-0.1, -0.05) is 30.3 Å². The lowest BCUT2D eigenvalue weighted by Crippen LogP contribution is -2.17. The maximum absolute atomic E-state index is 13.6. The second-order valence-electron chi connectivity index (χ2n) is 5.25. The summed E-state index contributed by atoms with van der Waals surface area (Å²) in [5.74, 6) is -1.33. The third kappa shape index (κ3) is 2.48. The lowest BCUT2D eigenvalue weighted by Gasteiger charge is -2.08. The van der Waals surface area contributed by atoms with Gasteiger partial charge in [-0.05, 0) is 35.6 Å². The Morgan fingerprint density at radius 3 is 2.30 bits per heavy atom. The van der Waals surface area contributed by atoms with E-state index in [0.717, 1.165) is 18.9 Å². The molecule has 0 spiro atoms. The van der Waals surface area contributed by atoms with E-state index in [9.17, 15) is 13.6 Å². The first-order valence-corrected chi connectivity index (χ1v) is 6.67. The molecule has 0 heterocycles. The zero-order valence-electron chi connectivity index (χ0n) is 10.9. The van der Waals surface area contributed by atoms with Gasteiger partial charge in [-0.3, -0.25) is 4.79 Å². The molecule has 0 bridgehead atoms. The van der Waals surface area contributed by atoms with E-state index in [0.29, 0.717) is 0 Å². The first-order valence-electron chi connectivity index (χ1n) is 6.67. The molecule has 1 nitrogen and oxygen atoms in total. The van der Waals surface area contributed by atoms with Crippen LogP contribution in [0.2, 0.25) is 0 Å². The predicted octanol–water partition coefficient (Wildman–Crippen LogP) is 3.49. The molecule has 0 unspecified atom stereocenters. The van der Waals surface area contributed by atoms with Gasteiger partial charge in [0, 0.05) is 18.4 Å². The topological polar surface area (TPSA) is 17.1 Å². The fourth-order valence-corrected chi connectivity index (χ4v) is 2.78. The molecule has 2 aromatic rings. The van der Waals surface area contributed by atoms with Crippen LogP contribution in [0.1, 0.15) is 16.7 Å². The number of rotatable bonds is 3. The van der Waals surface area contributed by atoms with Crippen molar-refractivity contribution in [1.82, 2.24) is 0 Å². The van der Waals surface area contributed by atoms with Crippen LogP contribution in [0.15, 0.2) is 42.5 Å². The normalized spacial score (nSPS) is 14.3. The van der Waals surface area contributed by atoms with Crippen molar-refractivity contribution in [2.75, 3.05) is 0 Å². The lowest BCUT2D eigenvalue weighted by molar-refractivity contribution is -0.122. The molecule has 0 aliphatic heterocycles. The molecule has 0 N–H and O–H groups in total. The minimum Gasteiger partial charge on any atom is -0.299 e. The number of ketones is 1. The van der Waals surface area contributed by atoms with Crippen LogP contribution in [-0.2, 0) is 24.1 Å². The number of benzene rings is 2. The zero-order chi connectivity index (χ0) is 14.1. The number of carbonyl (C=O) groups is 1. The van der Waals surface area contributed by atoms with Gasteiger partial charge in [0.2, 0.25) is 0 Å². The number of hydrogen-bond acceptors (Lipinski definition) is 1. The minimum atomic E-state index is -0.645. The molecule has 1 aliphatic carbocycles. The van der Waals surface area contributed by atoms with Gasteiger partial charge in [0.15, 0.2) is 0 Å². The minimum absolute atomic E-state index is 0.0201. The number of hydrogen-bond donors (Lipinski definition) is 0. The van der Waals surface area contributed by atoms with Crippen LogP contribution >= 0.6 is 0 Å². The molecule has 0 saturated carbocycles. The highest BCUT2D eigenvalue weighted by atomic mass is 19.1. The summed E-state index contributed by atoms with van der Waals surface area (Å²) in [5, 5.41) is 0. The van der Waals surface area contributed by atoms with Crippen molar-refractivity contribution >= 4 is 5.78 Å². The van der Waals surface area contributed by atoms with Crippen LogP contribution in [0.3, 0.4) is 0 Å². The van der Waals surface area contributed by atoms with E-state index in [1.54, 1.807) is 0 Å². The highest BCUT2D eigenvalue weighted by molar-refractivity contribution is 5.84. The van der Waals surface area contributed by atoms with E-state index in [1.807, 2.05) is 24.3 Å². The third-order valence-corrected chi connectivity index (χ3v) is 3.89. The van der Waals surface area contributed by atoms with Crippen molar-refractivity contribution in [2.45, 2.75) is 19.3 Å². The van der Waals surface area contributed by atoms with E-state index in [4.69, 9.17) is 0 Å². The highest BCUT2D eigenvalue weighted by Gasteiger charge is 2.27. The molecular formula is C17H14F2O. The summed E-state index contributed by atoms with van der Waals surface area (Å²) in [6.45, 7) is 0. The number of halogens is 2. The first-order chi connectivity index (χ1) is 9.63. The molecule has 1 aliphatic rings. The quantitative estimate of drug-likeness (QED) is 0.836. The Morgan fingerprint density at radius 1 is 1.05 bits per heavy atom. The van der Waals surface area contributed by atoms with Crippen molar-refractivity contribution in [1.29, 1.82) is 0 Å². The van der Waals surface area contributed by atoms with E-state index < -0.39 is 11.6 Å². The fourth-order valence-electron chi connectivity index (χ4n) is 2.78. The second kappa shape index (κ2) is 5.16. The van der Waals surface area contributed by atoms with E-state index >= 15 is 0 Å². The lowest BCUT2D eigenvalue weighted by atomic mass is 9.95. The van der Waals surface area contributed by atoms with Crippen LogP contribution < -0.4 is 0 Å². The summed E-state index contributed by atoms with van der Waals surface area (Å²) in [6.07, 6.45) is 1.47. The van der Waals surface area contributed by atoms with E-state index in [1.165, 1.54) is 23.3 Å². The van der Waals surface area contributed by atoms with Gasteiger partial charge in [-0.15, -0.1) is 0 Å². The monoisotopic (exact) mass is 272 g/mol. The fraction of sp³-hybridized carbons (Fsp3) is 0.235. The van der Waals surface area contributed by atoms with Crippen LogP contribution in [0, 0.1) is 17.6 Å². The SMILES string of the molecule is O=C(Cc1ccc(F)cc1F)C1Cc2ccccc2C1. The summed E-state index contributed by atoms with van der Waals surface area (Å²) >= 11 is 0. The average Bonchev–Trinajstić information content (AvgIpc) is 2.86. The van der Waals surface area contributed by atoms with Gasteiger partial charge in [0.05, 0.1) is 0 Å². The van der Waals surface area contributed by atoms with Crippen molar-refractivity contribution in [2.24, 2.45) is 5.92 Å². The molecule has 0 atom stereocenters. The zero-order valence-corrected chi connectivity index (χ0v) is 10.9. The molecular weight excluding hydrogens is 258 g/mol.